The Balaban J connectivity index is 2.26. The number of rotatable bonds is 7. The molecular weight excluding hydrogens is 266 g/mol. The van der Waals surface area contributed by atoms with Crippen LogP contribution in [0.5, 0.6) is 0 Å². The summed E-state index contributed by atoms with van der Waals surface area (Å²) in [6.45, 7) is 11.9. The Kier molecular flexibility index (Phi) is 8.04. The Hall–Kier alpha value is -0.810. The molecule has 1 heterocycles. The van der Waals surface area contributed by atoms with Crippen molar-refractivity contribution in [3.05, 3.63) is 0 Å². The first-order valence-electron chi connectivity index (χ1n) is 8.31. The molecule has 0 spiro atoms. The number of hydrogen-bond acceptors (Lipinski definition) is 3. The van der Waals surface area contributed by atoms with Crippen LogP contribution in [0, 0.1) is 11.8 Å². The van der Waals surface area contributed by atoms with Crippen molar-refractivity contribution in [2.75, 3.05) is 26.2 Å². The summed E-state index contributed by atoms with van der Waals surface area (Å²) in [5.74, 6) is 1.15. The van der Waals surface area contributed by atoms with E-state index in [1.54, 1.807) is 0 Å². The minimum Gasteiger partial charge on any atom is -0.394 e. The minimum atomic E-state index is -0.147. The van der Waals surface area contributed by atoms with E-state index in [1.807, 2.05) is 0 Å². The maximum absolute atomic E-state index is 12.0. The number of carbonyl (C=O) groups excluding carboxylic acids is 1. The van der Waals surface area contributed by atoms with Crippen molar-refractivity contribution in [3.8, 4) is 0 Å². The smallest absolute Gasteiger partial charge is 0.315 e. The molecule has 3 N–H and O–H groups in total. The van der Waals surface area contributed by atoms with Crippen molar-refractivity contribution < 1.29 is 9.90 Å². The number of piperidine rings is 1. The van der Waals surface area contributed by atoms with Gasteiger partial charge in [-0.1, -0.05) is 27.7 Å². The SMILES string of the molecule is CC(C)CC(CO)NC(=O)NC1CCN(CC(C)C)CC1. The molecule has 1 rings (SSSR count). The van der Waals surface area contributed by atoms with Crippen LogP contribution in [-0.4, -0.2) is 54.4 Å². The zero-order chi connectivity index (χ0) is 15.8. The number of nitrogens with one attached hydrogen (secondary N) is 2. The summed E-state index contributed by atoms with van der Waals surface area (Å²) in [5, 5.41) is 15.2. The van der Waals surface area contributed by atoms with Crippen LogP contribution in [0.25, 0.3) is 0 Å². The van der Waals surface area contributed by atoms with Gasteiger partial charge >= 0.3 is 6.03 Å². The summed E-state index contributed by atoms with van der Waals surface area (Å²) >= 11 is 0. The van der Waals surface area contributed by atoms with Gasteiger partial charge in [0.2, 0.25) is 0 Å². The molecule has 0 aromatic rings. The lowest BCUT2D eigenvalue weighted by atomic mass is 10.0. The van der Waals surface area contributed by atoms with Crippen molar-refractivity contribution in [2.24, 2.45) is 11.8 Å². The Morgan fingerprint density at radius 2 is 1.81 bits per heavy atom. The molecule has 1 unspecified atom stereocenters. The molecule has 0 radical (unpaired) electrons. The van der Waals surface area contributed by atoms with Gasteiger partial charge in [-0.2, -0.15) is 0 Å². The monoisotopic (exact) mass is 299 g/mol. The molecule has 0 aromatic heterocycles. The molecule has 0 aliphatic carbocycles. The van der Waals surface area contributed by atoms with Gasteiger partial charge in [0.05, 0.1) is 12.6 Å². The minimum absolute atomic E-state index is 0.00155. The van der Waals surface area contributed by atoms with E-state index >= 15 is 0 Å². The molecule has 124 valence electrons. The third-order valence-electron chi connectivity index (χ3n) is 3.86. The Morgan fingerprint density at radius 3 is 2.29 bits per heavy atom. The number of urea groups is 1. The van der Waals surface area contributed by atoms with Crippen molar-refractivity contribution >= 4 is 6.03 Å². The van der Waals surface area contributed by atoms with Gasteiger partial charge in [0.1, 0.15) is 0 Å². The summed E-state index contributed by atoms with van der Waals surface area (Å²) in [6.07, 6.45) is 2.82. The van der Waals surface area contributed by atoms with Crippen molar-refractivity contribution in [2.45, 2.75) is 59.0 Å². The normalized spacial score (nSPS) is 19.0. The van der Waals surface area contributed by atoms with Gasteiger partial charge in [0.15, 0.2) is 0 Å². The number of likely N-dealkylation sites (tertiary alicyclic amines) is 1. The predicted molar refractivity (Wildman–Crippen MR) is 86.3 cm³/mol. The molecule has 5 nitrogen and oxygen atoms in total. The van der Waals surface area contributed by atoms with E-state index in [0.717, 1.165) is 38.9 Å². The van der Waals surface area contributed by atoms with Crippen LogP contribution in [0.15, 0.2) is 0 Å². The number of hydrogen-bond donors (Lipinski definition) is 3. The first-order chi connectivity index (χ1) is 9.90. The molecule has 0 saturated carbocycles. The van der Waals surface area contributed by atoms with Crippen LogP contribution < -0.4 is 10.6 Å². The van der Waals surface area contributed by atoms with Gasteiger partial charge < -0.3 is 20.6 Å². The number of aliphatic hydroxyl groups excluding tert-OH is 1. The third kappa shape index (κ3) is 7.67. The maximum atomic E-state index is 12.0. The predicted octanol–water partition coefficient (Wildman–Crippen LogP) is 1.81. The summed E-state index contributed by atoms with van der Waals surface area (Å²) in [6, 6.07) is -0.0326. The molecule has 21 heavy (non-hydrogen) atoms. The van der Waals surface area contributed by atoms with Gasteiger partial charge in [-0.25, -0.2) is 4.79 Å². The van der Waals surface area contributed by atoms with Crippen LogP contribution in [0.2, 0.25) is 0 Å². The highest BCUT2D eigenvalue weighted by Crippen LogP contribution is 2.12. The number of carbonyl (C=O) groups is 1. The first kappa shape index (κ1) is 18.2. The van der Waals surface area contributed by atoms with Crippen LogP contribution in [0.3, 0.4) is 0 Å². The third-order valence-corrected chi connectivity index (χ3v) is 3.86. The van der Waals surface area contributed by atoms with Crippen LogP contribution in [-0.2, 0) is 0 Å². The summed E-state index contributed by atoms with van der Waals surface area (Å²) in [5.41, 5.74) is 0. The van der Waals surface area contributed by atoms with Gasteiger partial charge in [0.25, 0.3) is 0 Å². The highest BCUT2D eigenvalue weighted by atomic mass is 16.3. The van der Waals surface area contributed by atoms with Gasteiger partial charge in [-0.3, -0.25) is 0 Å². The average molecular weight is 299 g/mol. The standard InChI is InChI=1S/C16H33N3O2/c1-12(2)9-15(11-20)18-16(21)17-14-5-7-19(8-6-14)10-13(3)4/h12-15,20H,5-11H2,1-4H3,(H2,17,18,21). The molecule has 1 atom stereocenters. The first-order valence-corrected chi connectivity index (χ1v) is 8.31. The van der Waals surface area contributed by atoms with Crippen molar-refractivity contribution in [1.29, 1.82) is 0 Å². The van der Waals surface area contributed by atoms with E-state index in [4.69, 9.17) is 0 Å². The fourth-order valence-electron chi connectivity index (χ4n) is 2.94. The van der Waals surface area contributed by atoms with E-state index in [1.165, 1.54) is 0 Å². The summed E-state index contributed by atoms with van der Waals surface area (Å²) < 4.78 is 0. The quantitative estimate of drug-likeness (QED) is 0.672. The van der Waals surface area contributed by atoms with Crippen molar-refractivity contribution in [3.63, 3.8) is 0 Å². The second kappa shape index (κ2) is 9.26. The van der Waals surface area contributed by atoms with Crippen molar-refractivity contribution in [1.82, 2.24) is 15.5 Å². The molecule has 1 aliphatic rings. The highest BCUT2D eigenvalue weighted by molar-refractivity contribution is 5.74. The van der Waals surface area contributed by atoms with Gasteiger partial charge in [-0.15, -0.1) is 0 Å². The molecule has 1 saturated heterocycles. The lowest BCUT2D eigenvalue weighted by Crippen LogP contribution is -2.51. The fraction of sp³-hybridized carbons (Fsp3) is 0.938. The molecule has 5 heteroatoms. The van der Waals surface area contributed by atoms with Crippen LogP contribution >= 0.6 is 0 Å². The zero-order valence-corrected chi connectivity index (χ0v) is 14.1. The molecule has 0 bridgehead atoms. The fourth-order valence-corrected chi connectivity index (χ4v) is 2.94. The lowest BCUT2D eigenvalue weighted by molar-refractivity contribution is 0.173. The summed E-state index contributed by atoms with van der Waals surface area (Å²) in [7, 11) is 0. The number of nitrogens with zero attached hydrogens (tertiary/aromatic N) is 1. The summed E-state index contributed by atoms with van der Waals surface area (Å²) in [4.78, 5) is 14.4. The second-order valence-corrected chi connectivity index (χ2v) is 7.10. The Labute approximate surface area is 129 Å². The van der Waals surface area contributed by atoms with Crippen LogP contribution in [0.1, 0.15) is 47.0 Å². The number of aliphatic hydroxyl groups is 1. The van der Waals surface area contributed by atoms with Crippen LogP contribution in [0.4, 0.5) is 4.79 Å². The largest absolute Gasteiger partial charge is 0.394 e. The lowest BCUT2D eigenvalue weighted by Gasteiger charge is -2.33. The van der Waals surface area contributed by atoms with E-state index in [-0.39, 0.29) is 24.7 Å². The Morgan fingerprint density at radius 1 is 1.19 bits per heavy atom. The van der Waals surface area contributed by atoms with E-state index in [9.17, 15) is 9.90 Å². The molecule has 1 aliphatic heterocycles. The van der Waals surface area contributed by atoms with Gasteiger partial charge in [0, 0.05) is 25.7 Å². The molecule has 2 amide bonds. The zero-order valence-electron chi connectivity index (χ0n) is 14.1. The van der Waals surface area contributed by atoms with E-state index in [0.29, 0.717) is 11.8 Å². The molecule has 1 fully saturated rings. The topological polar surface area (TPSA) is 64.6 Å². The van der Waals surface area contributed by atoms with E-state index in [2.05, 4.69) is 43.2 Å². The second-order valence-electron chi connectivity index (χ2n) is 7.10. The van der Waals surface area contributed by atoms with E-state index < -0.39 is 0 Å². The Bertz CT molecular complexity index is 300. The number of amides is 2. The van der Waals surface area contributed by atoms with Gasteiger partial charge in [-0.05, 0) is 31.1 Å². The molecular formula is C16H33N3O2. The molecule has 0 aromatic carbocycles. The highest BCUT2D eigenvalue weighted by Gasteiger charge is 2.22. The average Bonchev–Trinajstić information content (AvgIpc) is 2.39. The maximum Gasteiger partial charge on any atom is 0.315 e.